The molecule has 1 heterocycles. The molecule has 0 radical (unpaired) electrons. The van der Waals surface area contributed by atoms with Gasteiger partial charge < -0.3 is 4.90 Å². The molecule has 0 saturated heterocycles. The molecule has 0 fully saturated rings. The number of carbonyl (C=O) groups excluding carboxylic acids is 1. The third-order valence-corrected chi connectivity index (χ3v) is 5.15. The lowest BCUT2D eigenvalue weighted by molar-refractivity contribution is -0.117. The van der Waals surface area contributed by atoms with Crippen LogP contribution in [-0.2, 0) is 11.3 Å². The normalized spacial score (nSPS) is 20.0. The Morgan fingerprint density at radius 1 is 1.25 bits per heavy atom. The summed E-state index contributed by atoms with van der Waals surface area (Å²) in [5, 5.41) is 0. The SMILES string of the molecule is CC(=O)N1c2ccc(F)cc2N(Cc2ccc(I)cc2)C[C@]1(C)S. The Morgan fingerprint density at radius 3 is 2.54 bits per heavy atom. The highest BCUT2D eigenvalue weighted by atomic mass is 127. The van der Waals surface area contributed by atoms with Crippen molar-refractivity contribution in [1.29, 1.82) is 0 Å². The zero-order valence-corrected chi connectivity index (χ0v) is 16.5. The molecule has 0 unspecified atom stereocenters. The lowest BCUT2D eigenvalue weighted by Crippen LogP contribution is -2.56. The second-order valence-electron chi connectivity index (χ2n) is 6.19. The smallest absolute Gasteiger partial charge is 0.225 e. The molecule has 2 aromatic carbocycles. The summed E-state index contributed by atoms with van der Waals surface area (Å²) >= 11 is 6.98. The third-order valence-electron chi connectivity index (χ3n) is 4.09. The summed E-state index contributed by atoms with van der Waals surface area (Å²) in [5.74, 6) is -0.415. The second-order valence-corrected chi connectivity index (χ2v) is 8.40. The average Bonchev–Trinajstić information content (AvgIpc) is 2.49. The number of carbonyl (C=O) groups is 1. The van der Waals surface area contributed by atoms with Crippen LogP contribution in [0.25, 0.3) is 0 Å². The second kappa shape index (κ2) is 6.55. The van der Waals surface area contributed by atoms with Crippen molar-refractivity contribution in [2.24, 2.45) is 0 Å². The zero-order valence-electron chi connectivity index (χ0n) is 13.5. The van der Waals surface area contributed by atoms with Crippen LogP contribution in [0.4, 0.5) is 15.8 Å². The van der Waals surface area contributed by atoms with Gasteiger partial charge in [-0.2, -0.15) is 0 Å². The molecule has 24 heavy (non-hydrogen) atoms. The summed E-state index contributed by atoms with van der Waals surface area (Å²) < 4.78 is 15.0. The van der Waals surface area contributed by atoms with E-state index in [2.05, 4.69) is 39.6 Å². The standard InChI is InChI=1S/C18H18FIN2OS/c1-12(23)22-16-8-5-14(19)9-17(16)21(11-18(22,2)24)10-13-3-6-15(20)7-4-13/h3-9,24H,10-11H2,1-2H3/t18-/m0/s1. The van der Waals surface area contributed by atoms with Crippen LogP contribution in [0.1, 0.15) is 19.4 Å². The third kappa shape index (κ3) is 3.39. The molecule has 6 heteroatoms. The molecule has 1 amide bonds. The largest absolute Gasteiger partial charge is 0.362 e. The maximum atomic E-state index is 13.8. The first kappa shape index (κ1) is 17.5. The Bertz CT molecular complexity index is 779. The number of hydrogen-bond donors (Lipinski definition) is 1. The number of thiol groups is 1. The van der Waals surface area contributed by atoms with Crippen LogP contribution in [0.5, 0.6) is 0 Å². The van der Waals surface area contributed by atoms with Crippen LogP contribution in [-0.4, -0.2) is 17.3 Å². The van der Waals surface area contributed by atoms with Gasteiger partial charge in [-0.15, -0.1) is 12.6 Å². The van der Waals surface area contributed by atoms with Crippen LogP contribution in [0.3, 0.4) is 0 Å². The van der Waals surface area contributed by atoms with Crippen molar-refractivity contribution in [2.75, 3.05) is 16.3 Å². The fraction of sp³-hybridized carbons (Fsp3) is 0.278. The van der Waals surface area contributed by atoms with Gasteiger partial charge in [0.05, 0.1) is 17.9 Å². The minimum atomic E-state index is -0.667. The fourth-order valence-electron chi connectivity index (χ4n) is 3.18. The maximum absolute atomic E-state index is 13.8. The van der Waals surface area contributed by atoms with Crippen molar-refractivity contribution in [3.8, 4) is 0 Å². The lowest BCUT2D eigenvalue weighted by Gasteiger charge is -2.47. The van der Waals surface area contributed by atoms with Crippen molar-refractivity contribution in [3.05, 3.63) is 57.4 Å². The van der Waals surface area contributed by atoms with Crippen molar-refractivity contribution in [1.82, 2.24) is 0 Å². The van der Waals surface area contributed by atoms with Crippen LogP contribution in [0.15, 0.2) is 42.5 Å². The molecule has 0 bridgehead atoms. The van der Waals surface area contributed by atoms with Crippen LogP contribution >= 0.6 is 35.2 Å². The van der Waals surface area contributed by atoms with E-state index in [0.717, 1.165) is 11.3 Å². The minimum absolute atomic E-state index is 0.103. The Kier molecular flexibility index (Phi) is 4.79. The van der Waals surface area contributed by atoms with Crippen LogP contribution in [0.2, 0.25) is 0 Å². The monoisotopic (exact) mass is 456 g/mol. The average molecular weight is 456 g/mol. The van der Waals surface area contributed by atoms with Gasteiger partial charge in [0, 0.05) is 17.0 Å². The number of amides is 1. The number of hydrogen-bond acceptors (Lipinski definition) is 3. The van der Waals surface area contributed by atoms with Gasteiger partial charge in [0.15, 0.2) is 0 Å². The minimum Gasteiger partial charge on any atom is -0.362 e. The zero-order chi connectivity index (χ0) is 17.5. The van der Waals surface area contributed by atoms with Gasteiger partial charge in [0.2, 0.25) is 5.91 Å². The van der Waals surface area contributed by atoms with E-state index in [9.17, 15) is 9.18 Å². The molecule has 3 rings (SSSR count). The fourth-order valence-corrected chi connectivity index (χ4v) is 3.95. The maximum Gasteiger partial charge on any atom is 0.225 e. The van der Waals surface area contributed by atoms with Gasteiger partial charge in [-0.3, -0.25) is 9.69 Å². The molecule has 2 aromatic rings. The molecular weight excluding hydrogens is 438 g/mol. The summed E-state index contributed by atoms with van der Waals surface area (Å²) in [4.78, 5) is 15.2. The number of rotatable bonds is 2. The molecule has 0 spiro atoms. The Balaban J connectivity index is 2.04. The summed E-state index contributed by atoms with van der Waals surface area (Å²) in [7, 11) is 0. The Hall–Kier alpha value is -1.28. The highest BCUT2D eigenvalue weighted by Crippen LogP contribution is 2.42. The van der Waals surface area contributed by atoms with E-state index >= 15 is 0 Å². The summed E-state index contributed by atoms with van der Waals surface area (Å²) in [6.45, 7) is 4.56. The first-order chi connectivity index (χ1) is 11.3. The predicted octanol–water partition coefficient (Wildman–Crippen LogP) is 4.45. The molecule has 1 atom stereocenters. The molecule has 1 aliphatic rings. The molecule has 0 N–H and O–H groups in total. The Morgan fingerprint density at radius 2 is 1.92 bits per heavy atom. The number of nitrogens with zero attached hydrogens (tertiary/aromatic N) is 2. The van der Waals surface area contributed by atoms with Crippen molar-refractivity contribution in [3.63, 3.8) is 0 Å². The molecule has 1 aliphatic heterocycles. The number of anilines is 2. The molecule has 0 aromatic heterocycles. The predicted molar refractivity (Wildman–Crippen MR) is 107 cm³/mol. The molecule has 126 valence electrons. The van der Waals surface area contributed by atoms with Gasteiger partial charge in [-0.1, -0.05) is 12.1 Å². The van der Waals surface area contributed by atoms with E-state index in [1.165, 1.54) is 22.6 Å². The van der Waals surface area contributed by atoms with Gasteiger partial charge in [-0.25, -0.2) is 4.39 Å². The lowest BCUT2D eigenvalue weighted by atomic mass is 10.1. The van der Waals surface area contributed by atoms with Crippen molar-refractivity contribution >= 4 is 52.5 Å². The Labute approximate surface area is 160 Å². The molecule has 0 saturated carbocycles. The molecule has 3 nitrogen and oxygen atoms in total. The van der Waals surface area contributed by atoms with E-state index < -0.39 is 4.87 Å². The van der Waals surface area contributed by atoms with Crippen molar-refractivity contribution in [2.45, 2.75) is 25.3 Å². The topological polar surface area (TPSA) is 23.6 Å². The van der Waals surface area contributed by atoms with Crippen molar-refractivity contribution < 1.29 is 9.18 Å². The van der Waals surface area contributed by atoms with E-state index in [0.29, 0.717) is 18.8 Å². The van der Waals surface area contributed by atoms with Crippen LogP contribution < -0.4 is 9.80 Å². The van der Waals surface area contributed by atoms with Gasteiger partial charge in [0.25, 0.3) is 0 Å². The van der Waals surface area contributed by atoms with E-state index in [1.807, 2.05) is 19.1 Å². The molecular formula is C18H18FIN2OS. The van der Waals surface area contributed by atoms with Gasteiger partial charge in [0.1, 0.15) is 10.7 Å². The van der Waals surface area contributed by atoms with E-state index in [4.69, 9.17) is 12.6 Å². The molecule has 0 aliphatic carbocycles. The summed E-state index contributed by atoms with van der Waals surface area (Å²) in [6, 6.07) is 12.7. The first-order valence-corrected chi connectivity index (χ1v) is 9.13. The number of fused-ring (bicyclic) bond motifs is 1. The van der Waals surface area contributed by atoms with E-state index in [-0.39, 0.29) is 11.7 Å². The van der Waals surface area contributed by atoms with Gasteiger partial charge in [-0.05, 0) is 65.4 Å². The van der Waals surface area contributed by atoms with E-state index in [1.54, 1.807) is 11.0 Å². The van der Waals surface area contributed by atoms with Crippen LogP contribution in [0, 0.1) is 9.39 Å². The number of halogens is 2. The summed E-state index contributed by atoms with van der Waals surface area (Å²) in [5.41, 5.74) is 2.54. The number of benzene rings is 2. The quantitative estimate of drug-likeness (QED) is 0.534. The highest BCUT2D eigenvalue weighted by Gasteiger charge is 2.40. The van der Waals surface area contributed by atoms with Gasteiger partial charge >= 0.3 is 0 Å². The summed E-state index contributed by atoms with van der Waals surface area (Å²) in [6.07, 6.45) is 0. The first-order valence-electron chi connectivity index (χ1n) is 7.60. The highest BCUT2D eigenvalue weighted by molar-refractivity contribution is 14.1.